The fourth-order valence-electron chi connectivity index (χ4n) is 4.45. The van der Waals surface area contributed by atoms with Crippen molar-refractivity contribution in [2.45, 2.75) is 63.4 Å². The number of nitrogens with zero attached hydrogens (tertiary/aromatic N) is 3. The number of sulfonamides is 1. The van der Waals surface area contributed by atoms with Crippen LogP contribution in [0.3, 0.4) is 0 Å². The highest BCUT2D eigenvalue weighted by Gasteiger charge is 2.34. The predicted molar refractivity (Wildman–Crippen MR) is 117 cm³/mol. The van der Waals surface area contributed by atoms with Crippen molar-refractivity contribution in [3.05, 3.63) is 33.9 Å². The summed E-state index contributed by atoms with van der Waals surface area (Å²) in [6.45, 7) is 7.01. The maximum absolute atomic E-state index is 13.1. The van der Waals surface area contributed by atoms with Crippen molar-refractivity contribution >= 4 is 21.6 Å². The van der Waals surface area contributed by atoms with Gasteiger partial charge in [-0.25, -0.2) is 8.42 Å². The van der Waals surface area contributed by atoms with E-state index in [1.54, 1.807) is 6.92 Å². The predicted octanol–water partition coefficient (Wildman–Crippen LogP) is 2.29. The lowest BCUT2D eigenvalue weighted by atomic mass is 9.86. The fourth-order valence-corrected chi connectivity index (χ4v) is 6.12. The van der Waals surface area contributed by atoms with Crippen LogP contribution in [-0.4, -0.2) is 66.7 Å². The highest BCUT2D eigenvalue weighted by atomic mass is 32.2. The average molecular weight is 453 g/mol. The molecule has 0 spiro atoms. The molecule has 31 heavy (non-hydrogen) atoms. The summed E-state index contributed by atoms with van der Waals surface area (Å²) in [5.41, 5.74) is 0.229. The highest BCUT2D eigenvalue weighted by Crippen LogP contribution is 2.26. The van der Waals surface area contributed by atoms with Crippen LogP contribution in [0.15, 0.2) is 23.1 Å². The fraction of sp³-hybridized carbons (Fsp3) is 0.667. The molecule has 1 amide bonds. The number of piperazine rings is 1. The summed E-state index contributed by atoms with van der Waals surface area (Å²) in [5, 5.41) is 14.2. The van der Waals surface area contributed by atoms with E-state index in [4.69, 9.17) is 0 Å². The van der Waals surface area contributed by atoms with Crippen LogP contribution in [0.2, 0.25) is 0 Å². The number of non-ortho nitro benzene ring substituents is 1. The number of amides is 1. The maximum atomic E-state index is 13.1. The number of benzene rings is 1. The summed E-state index contributed by atoms with van der Waals surface area (Å²) in [6.07, 6.45) is 4.49. The van der Waals surface area contributed by atoms with Gasteiger partial charge in [-0.05, 0) is 38.2 Å². The van der Waals surface area contributed by atoms with Crippen molar-refractivity contribution in [1.29, 1.82) is 0 Å². The van der Waals surface area contributed by atoms with Gasteiger partial charge < -0.3 is 5.32 Å². The van der Waals surface area contributed by atoms with Gasteiger partial charge in [0.15, 0.2) is 0 Å². The second-order valence-corrected chi connectivity index (χ2v) is 10.6. The number of rotatable bonds is 6. The van der Waals surface area contributed by atoms with Gasteiger partial charge in [-0.3, -0.25) is 19.8 Å². The van der Waals surface area contributed by atoms with Gasteiger partial charge in [0.25, 0.3) is 5.69 Å². The summed E-state index contributed by atoms with van der Waals surface area (Å²) in [7, 11) is -3.85. The number of nitro benzene ring substituents is 1. The first-order valence-corrected chi connectivity index (χ1v) is 12.3. The zero-order valence-corrected chi connectivity index (χ0v) is 19.2. The van der Waals surface area contributed by atoms with E-state index in [-0.39, 0.29) is 41.7 Å². The molecule has 0 bridgehead atoms. The zero-order valence-electron chi connectivity index (χ0n) is 18.4. The minimum absolute atomic E-state index is 0.00964. The molecule has 9 nitrogen and oxygen atoms in total. The molecule has 1 aromatic carbocycles. The molecule has 1 heterocycles. The number of hydrogen-bond acceptors (Lipinski definition) is 6. The Balaban J connectivity index is 1.62. The van der Waals surface area contributed by atoms with Crippen LogP contribution in [0.1, 0.15) is 45.1 Å². The number of nitrogens with one attached hydrogen (secondary N) is 1. The Kier molecular flexibility index (Phi) is 7.33. The second-order valence-electron chi connectivity index (χ2n) is 8.70. The smallest absolute Gasteiger partial charge is 0.270 e. The molecule has 2 aliphatic rings. The summed E-state index contributed by atoms with van der Waals surface area (Å²) in [5.74, 6) is 0.467. The molecule has 1 aliphatic carbocycles. The molecular weight excluding hydrogens is 420 g/mol. The average Bonchev–Trinajstić information content (AvgIpc) is 2.74. The first-order valence-electron chi connectivity index (χ1n) is 10.9. The molecule has 0 radical (unpaired) electrons. The number of nitro groups is 1. The molecule has 3 atom stereocenters. The Labute approximate surface area is 184 Å². The van der Waals surface area contributed by atoms with Crippen LogP contribution in [0.25, 0.3) is 0 Å². The van der Waals surface area contributed by atoms with Gasteiger partial charge in [-0.1, -0.05) is 25.8 Å². The van der Waals surface area contributed by atoms with Crippen LogP contribution >= 0.6 is 0 Å². The monoisotopic (exact) mass is 452 g/mol. The zero-order chi connectivity index (χ0) is 22.8. The van der Waals surface area contributed by atoms with Gasteiger partial charge in [0.1, 0.15) is 0 Å². The first kappa shape index (κ1) is 23.6. The normalized spacial score (nSPS) is 24.5. The molecule has 1 N–H and O–H groups in total. The van der Waals surface area contributed by atoms with E-state index in [1.165, 1.54) is 22.9 Å². The van der Waals surface area contributed by atoms with Crippen molar-refractivity contribution in [1.82, 2.24) is 14.5 Å². The van der Waals surface area contributed by atoms with Gasteiger partial charge in [-0.2, -0.15) is 4.31 Å². The second kappa shape index (κ2) is 9.62. The van der Waals surface area contributed by atoms with Crippen LogP contribution < -0.4 is 5.32 Å². The molecule has 10 heteroatoms. The molecule has 2 fully saturated rings. The van der Waals surface area contributed by atoms with Crippen molar-refractivity contribution in [2.75, 3.05) is 26.2 Å². The Morgan fingerprint density at radius 3 is 2.45 bits per heavy atom. The molecule has 3 unspecified atom stereocenters. The molecule has 1 aliphatic heterocycles. The molecule has 1 saturated heterocycles. The number of carbonyl (C=O) groups excluding carboxylic acids is 1. The Bertz CT molecular complexity index is 928. The van der Waals surface area contributed by atoms with Gasteiger partial charge in [-0.15, -0.1) is 0 Å². The third-order valence-electron chi connectivity index (χ3n) is 6.64. The summed E-state index contributed by atoms with van der Waals surface area (Å²) in [6, 6.07) is 3.76. The van der Waals surface area contributed by atoms with Crippen LogP contribution in [0, 0.1) is 23.0 Å². The molecule has 1 aromatic rings. The lowest BCUT2D eigenvalue weighted by Crippen LogP contribution is -2.56. The molecular formula is C21H32N4O5S. The van der Waals surface area contributed by atoms with E-state index in [0.717, 1.165) is 25.3 Å². The Morgan fingerprint density at radius 1 is 1.19 bits per heavy atom. The Hall–Kier alpha value is -2.04. The van der Waals surface area contributed by atoms with E-state index in [2.05, 4.69) is 12.2 Å². The lowest BCUT2D eigenvalue weighted by Gasteiger charge is -2.38. The first-order chi connectivity index (χ1) is 14.6. The van der Waals surface area contributed by atoms with E-state index < -0.39 is 14.9 Å². The minimum Gasteiger partial charge on any atom is -0.352 e. The van der Waals surface area contributed by atoms with Crippen LogP contribution in [0.5, 0.6) is 0 Å². The number of hydrogen-bond donors (Lipinski definition) is 1. The number of carbonyl (C=O) groups is 1. The van der Waals surface area contributed by atoms with E-state index in [0.29, 0.717) is 24.6 Å². The molecule has 1 saturated carbocycles. The summed E-state index contributed by atoms with van der Waals surface area (Å²) in [4.78, 5) is 25.2. The van der Waals surface area contributed by atoms with E-state index >= 15 is 0 Å². The van der Waals surface area contributed by atoms with Gasteiger partial charge in [0.05, 0.1) is 15.9 Å². The standard InChI is InChI=1S/C21H32N4O5S/c1-15-6-4-5-7-19(15)22-21(26)17(3)23-10-12-24(13-11-23)31(29,30)20-14-18(25(27)28)9-8-16(20)2/h8-9,14-15,17,19H,4-7,10-13H2,1-3H3,(H,22,26). The van der Waals surface area contributed by atoms with Crippen molar-refractivity contribution in [3.63, 3.8) is 0 Å². The SMILES string of the molecule is Cc1ccc([N+](=O)[O-])cc1S(=O)(=O)N1CCN(C(C)C(=O)NC2CCCCC2C)CC1. The van der Waals surface area contributed by atoms with Crippen molar-refractivity contribution in [3.8, 4) is 0 Å². The maximum Gasteiger partial charge on any atom is 0.270 e. The van der Waals surface area contributed by atoms with Crippen LogP contribution in [0.4, 0.5) is 5.69 Å². The van der Waals surface area contributed by atoms with E-state index in [1.807, 2.05) is 11.8 Å². The highest BCUT2D eigenvalue weighted by molar-refractivity contribution is 7.89. The summed E-state index contributed by atoms with van der Waals surface area (Å²) < 4.78 is 27.5. The third-order valence-corrected chi connectivity index (χ3v) is 8.68. The minimum atomic E-state index is -3.85. The van der Waals surface area contributed by atoms with Crippen molar-refractivity contribution < 1.29 is 18.1 Å². The third kappa shape index (κ3) is 5.24. The van der Waals surface area contributed by atoms with Gasteiger partial charge in [0, 0.05) is 44.4 Å². The molecule has 3 rings (SSSR count). The van der Waals surface area contributed by atoms with Crippen LogP contribution in [-0.2, 0) is 14.8 Å². The van der Waals surface area contributed by atoms with Gasteiger partial charge in [0.2, 0.25) is 15.9 Å². The molecule has 172 valence electrons. The number of aryl methyl sites for hydroxylation is 1. The van der Waals surface area contributed by atoms with E-state index in [9.17, 15) is 23.3 Å². The molecule has 0 aromatic heterocycles. The Morgan fingerprint density at radius 2 is 1.84 bits per heavy atom. The largest absolute Gasteiger partial charge is 0.352 e. The summed E-state index contributed by atoms with van der Waals surface area (Å²) >= 11 is 0. The van der Waals surface area contributed by atoms with Gasteiger partial charge >= 0.3 is 0 Å². The quantitative estimate of drug-likeness (QED) is 0.523. The van der Waals surface area contributed by atoms with Crippen molar-refractivity contribution in [2.24, 2.45) is 5.92 Å². The topological polar surface area (TPSA) is 113 Å². The lowest BCUT2D eigenvalue weighted by molar-refractivity contribution is -0.385.